The monoisotopic (exact) mass is 673 g/mol. The highest BCUT2D eigenvalue weighted by Crippen LogP contribution is 2.42. The number of rotatable bonds is 8. The van der Waals surface area contributed by atoms with Crippen molar-refractivity contribution in [3.8, 4) is 17.6 Å². The summed E-state index contributed by atoms with van der Waals surface area (Å²) in [7, 11) is -0.912. The SMILES string of the molecule is COc1cc(P(C)(C)=O)ccc1NCC#Cc1sc2c(NC3CCC(N4CCC5(CC4)COC5)CC3)cccc2c1CC(F)(F)F. The molecule has 6 nitrogen and oxygen atoms in total. The van der Waals surface area contributed by atoms with E-state index in [4.69, 9.17) is 9.47 Å². The van der Waals surface area contributed by atoms with Gasteiger partial charge in [0.05, 0.1) is 54.2 Å². The first kappa shape index (κ1) is 33.2. The number of thiophene rings is 1. The van der Waals surface area contributed by atoms with Gasteiger partial charge < -0.3 is 29.6 Å². The molecule has 3 heterocycles. The van der Waals surface area contributed by atoms with Gasteiger partial charge >= 0.3 is 6.18 Å². The molecule has 2 aliphatic heterocycles. The normalized spacial score (nSPS) is 21.8. The van der Waals surface area contributed by atoms with E-state index in [0.717, 1.165) is 62.4 Å². The van der Waals surface area contributed by atoms with Gasteiger partial charge in [0, 0.05) is 22.8 Å². The summed E-state index contributed by atoms with van der Waals surface area (Å²) in [6.07, 6.45) is 1.45. The minimum absolute atomic E-state index is 0.214. The number of fused-ring (bicyclic) bond motifs is 1. The zero-order chi connectivity index (χ0) is 32.5. The smallest absolute Gasteiger partial charge is 0.393 e. The highest BCUT2D eigenvalue weighted by Gasteiger charge is 2.42. The summed E-state index contributed by atoms with van der Waals surface area (Å²) >= 11 is 1.33. The lowest BCUT2D eigenvalue weighted by Crippen LogP contribution is -2.53. The Balaban J connectivity index is 1.14. The van der Waals surface area contributed by atoms with E-state index in [1.165, 1.54) is 24.2 Å². The number of ether oxygens (including phenoxy) is 2. The molecule has 3 fully saturated rings. The third-order valence-corrected chi connectivity index (χ3v) is 12.5. The second kappa shape index (κ2) is 13.4. The van der Waals surface area contributed by atoms with Gasteiger partial charge in [0.15, 0.2) is 0 Å². The van der Waals surface area contributed by atoms with Crippen LogP contribution in [-0.2, 0) is 15.7 Å². The Hall–Kier alpha value is -2.70. The van der Waals surface area contributed by atoms with E-state index in [1.54, 1.807) is 44.7 Å². The summed E-state index contributed by atoms with van der Waals surface area (Å²) in [6, 6.07) is 11.8. The van der Waals surface area contributed by atoms with E-state index >= 15 is 0 Å². The minimum Gasteiger partial charge on any atom is -0.495 e. The molecule has 1 aromatic heterocycles. The number of methoxy groups -OCH3 is 1. The van der Waals surface area contributed by atoms with Gasteiger partial charge in [0.1, 0.15) is 12.9 Å². The quantitative estimate of drug-likeness (QED) is 0.190. The lowest BCUT2D eigenvalue weighted by molar-refractivity contribution is -0.143. The van der Waals surface area contributed by atoms with Crippen LogP contribution in [0.25, 0.3) is 10.1 Å². The van der Waals surface area contributed by atoms with Gasteiger partial charge in [-0.25, -0.2) is 0 Å². The fraction of sp³-hybridized carbons (Fsp3) is 0.543. The molecule has 0 atom stereocenters. The predicted molar refractivity (Wildman–Crippen MR) is 183 cm³/mol. The van der Waals surface area contributed by atoms with Crippen LogP contribution in [0.3, 0.4) is 0 Å². The van der Waals surface area contributed by atoms with Gasteiger partial charge in [-0.15, -0.1) is 11.3 Å². The number of nitrogens with one attached hydrogen (secondary N) is 2. The molecular weight excluding hydrogens is 630 g/mol. The van der Waals surface area contributed by atoms with E-state index < -0.39 is 19.7 Å². The molecule has 1 aliphatic carbocycles. The van der Waals surface area contributed by atoms with Gasteiger partial charge in [-0.05, 0) is 100 Å². The van der Waals surface area contributed by atoms with Crippen molar-refractivity contribution in [2.24, 2.45) is 5.41 Å². The van der Waals surface area contributed by atoms with Crippen molar-refractivity contribution >= 4 is 45.2 Å². The number of anilines is 2. The molecule has 6 rings (SSSR count). The van der Waals surface area contributed by atoms with Crippen LogP contribution in [0.2, 0.25) is 0 Å². The Labute approximate surface area is 273 Å². The van der Waals surface area contributed by atoms with Gasteiger partial charge in [0.25, 0.3) is 0 Å². The van der Waals surface area contributed by atoms with Crippen molar-refractivity contribution in [1.29, 1.82) is 0 Å². The maximum atomic E-state index is 13.8. The Bertz CT molecular complexity index is 1650. The molecule has 1 spiro atoms. The van der Waals surface area contributed by atoms with Gasteiger partial charge in [-0.3, -0.25) is 0 Å². The number of piperidine rings is 1. The third-order valence-electron chi connectivity index (χ3n) is 9.82. The van der Waals surface area contributed by atoms with Crippen molar-refractivity contribution in [1.82, 2.24) is 4.90 Å². The molecule has 0 bridgehead atoms. The van der Waals surface area contributed by atoms with Crippen LogP contribution < -0.4 is 20.7 Å². The maximum Gasteiger partial charge on any atom is 0.393 e. The van der Waals surface area contributed by atoms with E-state index in [1.807, 2.05) is 12.1 Å². The fourth-order valence-electron chi connectivity index (χ4n) is 7.03. The topological polar surface area (TPSA) is 62.8 Å². The number of benzene rings is 2. The van der Waals surface area contributed by atoms with E-state index in [9.17, 15) is 17.7 Å². The first-order valence-electron chi connectivity index (χ1n) is 16.1. The van der Waals surface area contributed by atoms with Crippen molar-refractivity contribution in [3.05, 3.63) is 46.8 Å². The highest BCUT2D eigenvalue weighted by molar-refractivity contribution is 7.70. The molecule has 248 valence electrons. The van der Waals surface area contributed by atoms with E-state index in [-0.39, 0.29) is 12.1 Å². The average molecular weight is 674 g/mol. The summed E-state index contributed by atoms with van der Waals surface area (Å²) in [5.74, 6) is 6.60. The molecule has 0 unspecified atom stereocenters. The molecule has 11 heteroatoms. The molecule has 0 radical (unpaired) electrons. The first-order valence-corrected chi connectivity index (χ1v) is 19.5. The summed E-state index contributed by atoms with van der Waals surface area (Å²) in [5.41, 5.74) is 2.24. The molecule has 46 heavy (non-hydrogen) atoms. The zero-order valence-corrected chi connectivity index (χ0v) is 28.5. The second-order valence-electron chi connectivity index (χ2n) is 13.5. The molecule has 2 N–H and O–H groups in total. The van der Waals surface area contributed by atoms with Crippen molar-refractivity contribution in [3.63, 3.8) is 0 Å². The number of halogens is 3. The lowest BCUT2D eigenvalue weighted by Gasteiger charge is -2.49. The highest BCUT2D eigenvalue weighted by atomic mass is 32.1. The number of hydrogen-bond donors (Lipinski definition) is 2. The molecule has 1 saturated carbocycles. The van der Waals surface area contributed by atoms with E-state index in [0.29, 0.717) is 44.5 Å². The summed E-state index contributed by atoms with van der Waals surface area (Å²) in [6.45, 7) is 7.77. The van der Waals surface area contributed by atoms with Crippen molar-refractivity contribution < 1.29 is 27.2 Å². The second-order valence-corrected chi connectivity index (χ2v) is 17.7. The average Bonchev–Trinajstić information content (AvgIpc) is 3.35. The van der Waals surface area contributed by atoms with Crippen molar-refractivity contribution in [2.75, 3.05) is 63.9 Å². The number of hydrogen-bond acceptors (Lipinski definition) is 7. The van der Waals surface area contributed by atoms with Crippen LogP contribution in [0.15, 0.2) is 36.4 Å². The van der Waals surface area contributed by atoms with Crippen LogP contribution in [0.4, 0.5) is 24.5 Å². The van der Waals surface area contributed by atoms with Gasteiger partial charge in [0.2, 0.25) is 0 Å². The van der Waals surface area contributed by atoms with Crippen LogP contribution in [0.1, 0.15) is 49.0 Å². The third kappa shape index (κ3) is 7.54. The first-order chi connectivity index (χ1) is 21.9. The Morgan fingerprint density at radius 2 is 1.83 bits per heavy atom. The predicted octanol–water partition coefficient (Wildman–Crippen LogP) is 7.56. The van der Waals surface area contributed by atoms with Crippen LogP contribution in [0.5, 0.6) is 5.75 Å². The Kier molecular flexibility index (Phi) is 9.70. The molecule has 3 aliphatic rings. The standard InChI is InChI=1S/C35H43F3N3O3PS/c1-43-31-20-26(45(2,3)42)13-14-29(31)39-17-5-8-32-28(21-35(36,37)38)27-6-4-7-30(33(27)46-32)40-24-9-11-25(12-10-24)41-18-15-34(16-19-41)22-44-23-34/h4,6-7,13-14,20,24-25,39-40H,9-12,15-19,21-23H2,1-3H3. The minimum atomic E-state index is -4.35. The van der Waals surface area contributed by atoms with Crippen molar-refractivity contribution in [2.45, 2.75) is 63.2 Å². The van der Waals surface area contributed by atoms with Gasteiger partial charge in [-0.2, -0.15) is 13.2 Å². The molecule has 0 amide bonds. The fourth-order valence-corrected chi connectivity index (χ4v) is 9.07. The number of likely N-dealkylation sites (tertiary alicyclic amines) is 1. The maximum absolute atomic E-state index is 13.8. The summed E-state index contributed by atoms with van der Waals surface area (Å²) in [4.78, 5) is 3.11. The van der Waals surface area contributed by atoms with E-state index in [2.05, 4.69) is 27.4 Å². The molecule has 3 aromatic rings. The van der Waals surface area contributed by atoms with Gasteiger partial charge in [-0.1, -0.05) is 24.0 Å². The lowest BCUT2D eigenvalue weighted by atomic mass is 9.76. The van der Waals surface area contributed by atoms with Crippen LogP contribution in [-0.4, -0.2) is 76.4 Å². The number of alkyl halides is 3. The zero-order valence-electron chi connectivity index (χ0n) is 26.8. The summed E-state index contributed by atoms with van der Waals surface area (Å²) < 4.78 is 65.5. The molecule has 2 aromatic carbocycles. The Morgan fingerprint density at radius 1 is 1.09 bits per heavy atom. The van der Waals surface area contributed by atoms with Crippen LogP contribution >= 0.6 is 18.5 Å². The largest absolute Gasteiger partial charge is 0.495 e. The molecule has 2 saturated heterocycles. The number of nitrogens with zero attached hydrogens (tertiary/aromatic N) is 1. The molecular formula is C35H43F3N3O3PS. The summed E-state index contributed by atoms with van der Waals surface area (Å²) in [5, 5.41) is 8.21. The van der Waals surface area contributed by atoms with Crippen LogP contribution in [0, 0.1) is 17.3 Å². The Morgan fingerprint density at radius 3 is 2.46 bits per heavy atom.